The summed E-state index contributed by atoms with van der Waals surface area (Å²) >= 11 is 0. The van der Waals surface area contributed by atoms with Crippen LogP contribution in [0.15, 0.2) is 66.7 Å². The molecule has 0 heterocycles. The highest BCUT2D eigenvalue weighted by molar-refractivity contribution is 7.28. The summed E-state index contributed by atoms with van der Waals surface area (Å²) in [5, 5.41) is 12.1. The maximum atomic E-state index is 2.91. The molecule has 1 heteroatoms. The van der Waals surface area contributed by atoms with Crippen molar-refractivity contribution < 1.29 is 0 Å². The van der Waals surface area contributed by atoms with Crippen LogP contribution >= 0.6 is 9.24 Å². The van der Waals surface area contributed by atoms with Crippen LogP contribution in [-0.4, -0.2) is 0 Å². The molecule has 0 amide bonds. The molecule has 5 rings (SSSR count). The second-order valence-electron chi connectivity index (χ2n) is 5.64. The summed E-state index contributed by atoms with van der Waals surface area (Å²) in [5.74, 6) is 0. The van der Waals surface area contributed by atoms with E-state index < -0.39 is 0 Å². The summed E-state index contributed by atoms with van der Waals surface area (Å²) in [6, 6.07) is 24.3. The lowest BCUT2D eigenvalue weighted by Gasteiger charge is -2.15. The highest BCUT2D eigenvalue weighted by Gasteiger charge is 2.13. The summed E-state index contributed by atoms with van der Waals surface area (Å²) in [6.07, 6.45) is 0. The average Bonchev–Trinajstić information content (AvgIpc) is 2.53. The van der Waals surface area contributed by atoms with E-state index in [9.17, 15) is 0 Å². The first kappa shape index (κ1) is 11.5. The molecular formula is C20H13P. The normalized spacial score (nSPS) is 12.0. The number of benzene rings is 5. The largest absolute Gasteiger partial charge is 0.105 e. The second kappa shape index (κ2) is 3.93. The van der Waals surface area contributed by atoms with E-state index in [0.717, 1.165) is 0 Å². The van der Waals surface area contributed by atoms with Crippen molar-refractivity contribution in [3.8, 4) is 0 Å². The van der Waals surface area contributed by atoms with Crippen LogP contribution in [0.5, 0.6) is 0 Å². The van der Waals surface area contributed by atoms with Crippen molar-refractivity contribution in [2.24, 2.45) is 0 Å². The molecule has 0 saturated heterocycles. The number of hydrogen-bond acceptors (Lipinski definition) is 0. The topological polar surface area (TPSA) is 0 Å². The minimum Gasteiger partial charge on any atom is -0.105 e. The van der Waals surface area contributed by atoms with Gasteiger partial charge in [-0.2, -0.15) is 0 Å². The van der Waals surface area contributed by atoms with Gasteiger partial charge in [0.15, 0.2) is 0 Å². The van der Waals surface area contributed by atoms with Crippen molar-refractivity contribution in [1.29, 1.82) is 0 Å². The Morgan fingerprint density at radius 3 is 1.76 bits per heavy atom. The molecule has 0 bridgehead atoms. The van der Waals surface area contributed by atoms with Gasteiger partial charge in [0, 0.05) is 0 Å². The van der Waals surface area contributed by atoms with Crippen molar-refractivity contribution >= 4 is 57.6 Å². The molecule has 0 saturated carbocycles. The first-order valence-corrected chi connectivity index (χ1v) is 7.76. The number of fused-ring (bicyclic) bond motifs is 2. The van der Waals surface area contributed by atoms with Crippen LogP contribution in [-0.2, 0) is 0 Å². The standard InChI is InChI=1S/C20H13P/c21-17-11-10-13-6-2-8-15-14-7-1-4-12-5-3-9-16(18(12)14)20(17)19(13)15/h1-11H,21H2. The van der Waals surface area contributed by atoms with E-state index in [4.69, 9.17) is 0 Å². The zero-order valence-electron chi connectivity index (χ0n) is 11.4. The van der Waals surface area contributed by atoms with E-state index in [-0.39, 0.29) is 0 Å². The lowest BCUT2D eigenvalue weighted by Crippen LogP contribution is -1.96. The predicted octanol–water partition coefficient (Wildman–Crippen LogP) is 5.24. The molecule has 0 aliphatic carbocycles. The van der Waals surface area contributed by atoms with Crippen LogP contribution < -0.4 is 5.30 Å². The van der Waals surface area contributed by atoms with Crippen LogP contribution in [0.2, 0.25) is 0 Å². The van der Waals surface area contributed by atoms with Crippen LogP contribution in [0.1, 0.15) is 0 Å². The SMILES string of the molecule is Pc1ccc2cccc3c4cccc5cccc(c1c23)c54. The number of rotatable bonds is 0. The Kier molecular flexibility index (Phi) is 2.15. The van der Waals surface area contributed by atoms with Gasteiger partial charge >= 0.3 is 0 Å². The fourth-order valence-electron chi connectivity index (χ4n) is 3.68. The minimum atomic E-state index is 1.27. The van der Waals surface area contributed by atoms with Gasteiger partial charge < -0.3 is 0 Å². The van der Waals surface area contributed by atoms with Gasteiger partial charge in [0.25, 0.3) is 0 Å². The van der Waals surface area contributed by atoms with Crippen LogP contribution in [0.4, 0.5) is 0 Å². The molecule has 5 aromatic carbocycles. The fraction of sp³-hybridized carbons (Fsp3) is 0. The molecular weight excluding hydrogens is 271 g/mol. The van der Waals surface area contributed by atoms with Crippen LogP contribution in [0, 0.1) is 0 Å². The van der Waals surface area contributed by atoms with Gasteiger partial charge in [-0.3, -0.25) is 0 Å². The maximum absolute atomic E-state index is 2.91. The highest BCUT2D eigenvalue weighted by Crippen LogP contribution is 2.39. The van der Waals surface area contributed by atoms with Crippen molar-refractivity contribution in [2.45, 2.75) is 0 Å². The third-order valence-corrected chi connectivity index (χ3v) is 5.02. The predicted molar refractivity (Wildman–Crippen MR) is 97.0 cm³/mol. The molecule has 1 unspecified atom stereocenters. The summed E-state index contributed by atoms with van der Waals surface area (Å²) in [6.45, 7) is 0. The van der Waals surface area contributed by atoms with Crippen molar-refractivity contribution in [3.63, 3.8) is 0 Å². The molecule has 0 aromatic heterocycles. The molecule has 0 nitrogen and oxygen atoms in total. The van der Waals surface area contributed by atoms with E-state index in [1.54, 1.807) is 0 Å². The smallest absolute Gasteiger partial charge is 0.00201 e. The molecule has 0 aliphatic rings. The van der Waals surface area contributed by atoms with Gasteiger partial charge in [0.1, 0.15) is 0 Å². The molecule has 0 aliphatic heterocycles. The molecule has 1 atom stereocenters. The van der Waals surface area contributed by atoms with Gasteiger partial charge in [0.2, 0.25) is 0 Å². The molecule has 0 N–H and O–H groups in total. The van der Waals surface area contributed by atoms with Gasteiger partial charge in [-0.15, -0.1) is 9.24 Å². The first-order chi connectivity index (χ1) is 10.3. The number of hydrogen-bond donors (Lipinski definition) is 0. The minimum absolute atomic E-state index is 1.27. The van der Waals surface area contributed by atoms with Gasteiger partial charge in [-0.25, -0.2) is 0 Å². The Morgan fingerprint density at radius 2 is 1.05 bits per heavy atom. The van der Waals surface area contributed by atoms with E-state index in [0.29, 0.717) is 0 Å². The van der Waals surface area contributed by atoms with E-state index in [1.165, 1.54) is 48.4 Å². The maximum Gasteiger partial charge on any atom is -0.00201 e. The third-order valence-electron chi connectivity index (χ3n) is 4.54. The summed E-state index contributed by atoms with van der Waals surface area (Å²) in [4.78, 5) is 0. The Labute approximate surface area is 124 Å². The molecule has 0 radical (unpaired) electrons. The fourth-order valence-corrected chi connectivity index (χ4v) is 4.08. The quantitative estimate of drug-likeness (QED) is 0.207. The van der Waals surface area contributed by atoms with E-state index in [2.05, 4.69) is 76.0 Å². The summed E-state index contributed by atoms with van der Waals surface area (Å²) in [5.41, 5.74) is 0. The third kappa shape index (κ3) is 1.38. The zero-order chi connectivity index (χ0) is 14.0. The first-order valence-electron chi connectivity index (χ1n) is 7.18. The Morgan fingerprint density at radius 1 is 0.476 bits per heavy atom. The van der Waals surface area contributed by atoms with Crippen LogP contribution in [0.3, 0.4) is 0 Å². The van der Waals surface area contributed by atoms with E-state index in [1.807, 2.05) is 0 Å². The Hall–Kier alpha value is -2.17. The second-order valence-corrected chi connectivity index (χ2v) is 6.26. The molecule has 21 heavy (non-hydrogen) atoms. The molecule has 0 fully saturated rings. The van der Waals surface area contributed by atoms with Gasteiger partial charge in [-0.05, 0) is 48.4 Å². The van der Waals surface area contributed by atoms with Crippen molar-refractivity contribution in [1.82, 2.24) is 0 Å². The van der Waals surface area contributed by atoms with Crippen LogP contribution in [0.25, 0.3) is 43.1 Å². The Bertz CT molecular complexity index is 1130. The van der Waals surface area contributed by atoms with Crippen molar-refractivity contribution in [3.05, 3.63) is 66.7 Å². The van der Waals surface area contributed by atoms with Gasteiger partial charge in [0.05, 0.1) is 0 Å². The molecule has 0 spiro atoms. The lowest BCUT2D eigenvalue weighted by atomic mass is 9.90. The zero-order valence-corrected chi connectivity index (χ0v) is 12.6. The van der Waals surface area contributed by atoms with Crippen molar-refractivity contribution in [2.75, 3.05) is 0 Å². The van der Waals surface area contributed by atoms with Gasteiger partial charge in [-0.1, -0.05) is 66.7 Å². The van der Waals surface area contributed by atoms with E-state index >= 15 is 0 Å². The lowest BCUT2D eigenvalue weighted by molar-refractivity contribution is 1.80. The molecule has 98 valence electrons. The monoisotopic (exact) mass is 284 g/mol. The highest BCUT2D eigenvalue weighted by atomic mass is 31.0. The summed E-state index contributed by atoms with van der Waals surface area (Å²) in [7, 11) is 2.91. The molecule has 5 aromatic rings. The summed E-state index contributed by atoms with van der Waals surface area (Å²) < 4.78 is 0. The Balaban J connectivity index is 2.32. The average molecular weight is 284 g/mol.